The molecular weight excluding hydrogens is 262 g/mol. The van der Waals surface area contributed by atoms with Crippen LogP contribution in [0, 0.1) is 10.1 Å². The zero-order valence-electron chi connectivity index (χ0n) is 11.1. The maximum absolute atomic E-state index is 12.1. The van der Waals surface area contributed by atoms with Gasteiger partial charge >= 0.3 is 5.97 Å². The van der Waals surface area contributed by atoms with E-state index in [1.807, 2.05) is 0 Å². The molecule has 0 saturated heterocycles. The van der Waals surface area contributed by atoms with Gasteiger partial charge in [0.2, 0.25) is 0 Å². The normalized spacial score (nSPS) is 13.1. The first-order chi connectivity index (χ1) is 9.51. The van der Waals surface area contributed by atoms with E-state index in [9.17, 15) is 19.7 Å². The lowest BCUT2D eigenvalue weighted by atomic mass is 9.79. The highest BCUT2D eigenvalue weighted by Gasteiger charge is 2.40. The first-order valence-corrected chi connectivity index (χ1v) is 6.01. The Morgan fingerprint density at radius 2 is 2.05 bits per heavy atom. The Labute approximate surface area is 116 Å². The molecule has 1 unspecified atom stereocenters. The fourth-order valence-electron chi connectivity index (χ4n) is 1.85. The van der Waals surface area contributed by atoms with E-state index in [1.54, 1.807) is 6.92 Å². The molecule has 0 aliphatic rings. The van der Waals surface area contributed by atoms with E-state index in [-0.39, 0.29) is 18.7 Å². The second-order valence-electron chi connectivity index (χ2n) is 4.11. The lowest BCUT2D eigenvalue weighted by molar-refractivity contribution is -0.384. The Morgan fingerprint density at radius 1 is 1.45 bits per heavy atom. The lowest BCUT2D eigenvalue weighted by Crippen LogP contribution is -2.38. The Hall–Kier alpha value is -2.50. The maximum atomic E-state index is 12.1. The number of esters is 1. The van der Waals surface area contributed by atoms with Crippen LogP contribution in [0.3, 0.4) is 0 Å². The summed E-state index contributed by atoms with van der Waals surface area (Å²) in [6.45, 7) is 5.31. The summed E-state index contributed by atoms with van der Waals surface area (Å²) in [5, 5.41) is 10.6. The van der Waals surface area contributed by atoms with Crippen LogP contribution in [-0.2, 0) is 19.7 Å². The standard InChI is InChI=1S/C14H15NO5/c1-3-9-14(10-16,13(17)20-4-2)11-5-7-12(8-6-11)15(18)19/h3,5-8,10H,1,4,9H2,2H3. The molecule has 6 nitrogen and oxygen atoms in total. The molecule has 106 valence electrons. The molecule has 0 aliphatic heterocycles. The molecule has 0 fully saturated rings. The van der Waals surface area contributed by atoms with Crippen molar-refractivity contribution in [2.24, 2.45) is 0 Å². The van der Waals surface area contributed by atoms with Crippen molar-refractivity contribution < 1.29 is 19.2 Å². The molecule has 20 heavy (non-hydrogen) atoms. The van der Waals surface area contributed by atoms with Crippen molar-refractivity contribution in [3.63, 3.8) is 0 Å². The van der Waals surface area contributed by atoms with Crippen molar-refractivity contribution in [3.8, 4) is 0 Å². The summed E-state index contributed by atoms with van der Waals surface area (Å²) < 4.78 is 4.93. The van der Waals surface area contributed by atoms with E-state index >= 15 is 0 Å². The number of aldehydes is 1. The zero-order chi connectivity index (χ0) is 15.2. The van der Waals surface area contributed by atoms with Crippen molar-refractivity contribution >= 4 is 17.9 Å². The largest absolute Gasteiger partial charge is 0.465 e. The Morgan fingerprint density at radius 3 is 2.45 bits per heavy atom. The topological polar surface area (TPSA) is 86.5 Å². The molecule has 1 rings (SSSR count). The van der Waals surface area contributed by atoms with E-state index in [0.717, 1.165) is 0 Å². The van der Waals surface area contributed by atoms with Gasteiger partial charge in [-0.05, 0) is 18.9 Å². The average molecular weight is 277 g/mol. The Bertz CT molecular complexity index is 523. The summed E-state index contributed by atoms with van der Waals surface area (Å²) in [4.78, 5) is 33.6. The highest BCUT2D eigenvalue weighted by molar-refractivity contribution is 6.00. The number of allylic oxidation sites excluding steroid dienone is 1. The van der Waals surface area contributed by atoms with Crippen LogP contribution in [0.15, 0.2) is 36.9 Å². The fraction of sp³-hybridized carbons (Fsp3) is 0.286. The van der Waals surface area contributed by atoms with Gasteiger partial charge in [0, 0.05) is 12.1 Å². The number of nitro benzene ring substituents is 1. The van der Waals surface area contributed by atoms with E-state index in [2.05, 4.69) is 6.58 Å². The van der Waals surface area contributed by atoms with Crippen LogP contribution in [-0.4, -0.2) is 23.8 Å². The lowest BCUT2D eigenvalue weighted by Gasteiger charge is -2.24. The Balaban J connectivity index is 3.28. The van der Waals surface area contributed by atoms with Gasteiger partial charge in [0.1, 0.15) is 6.29 Å². The predicted octanol–water partition coefficient (Wildman–Crippen LogP) is 2.17. The third kappa shape index (κ3) is 2.90. The predicted molar refractivity (Wildman–Crippen MR) is 72.3 cm³/mol. The van der Waals surface area contributed by atoms with Gasteiger partial charge in [-0.1, -0.05) is 18.2 Å². The van der Waals surface area contributed by atoms with Crippen molar-refractivity contribution in [2.45, 2.75) is 18.8 Å². The molecule has 0 spiro atoms. The highest BCUT2D eigenvalue weighted by atomic mass is 16.6. The molecule has 1 atom stereocenters. The van der Waals surface area contributed by atoms with E-state index in [0.29, 0.717) is 11.8 Å². The van der Waals surface area contributed by atoms with Gasteiger partial charge in [-0.2, -0.15) is 0 Å². The summed E-state index contributed by atoms with van der Waals surface area (Å²) in [6.07, 6.45) is 1.99. The fourth-order valence-corrected chi connectivity index (χ4v) is 1.85. The van der Waals surface area contributed by atoms with Crippen LogP contribution in [0.2, 0.25) is 0 Å². The van der Waals surface area contributed by atoms with Crippen molar-refractivity contribution in [2.75, 3.05) is 6.61 Å². The monoisotopic (exact) mass is 277 g/mol. The number of rotatable bonds is 7. The third-order valence-electron chi connectivity index (χ3n) is 2.90. The number of nitrogens with zero attached hydrogens (tertiary/aromatic N) is 1. The molecule has 0 amide bonds. The molecular formula is C14H15NO5. The molecule has 0 saturated carbocycles. The van der Waals surface area contributed by atoms with Crippen LogP contribution in [0.5, 0.6) is 0 Å². The number of ether oxygens (including phenoxy) is 1. The first kappa shape index (κ1) is 15.6. The molecule has 6 heteroatoms. The maximum Gasteiger partial charge on any atom is 0.324 e. The van der Waals surface area contributed by atoms with Gasteiger partial charge in [0.15, 0.2) is 5.41 Å². The number of nitro groups is 1. The summed E-state index contributed by atoms with van der Waals surface area (Å²) in [6, 6.07) is 5.26. The quantitative estimate of drug-likeness (QED) is 0.190. The summed E-state index contributed by atoms with van der Waals surface area (Å²) in [7, 11) is 0. The molecule has 0 radical (unpaired) electrons. The number of carbonyl (C=O) groups excluding carboxylic acids is 2. The molecule has 0 bridgehead atoms. The van der Waals surface area contributed by atoms with Gasteiger partial charge in [-0.3, -0.25) is 14.9 Å². The van der Waals surface area contributed by atoms with Gasteiger partial charge in [0.25, 0.3) is 5.69 Å². The smallest absolute Gasteiger partial charge is 0.324 e. The Kier molecular flexibility index (Phi) is 5.14. The minimum Gasteiger partial charge on any atom is -0.465 e. The third-order valence-corrected chi connectivity index (χ3v) is 2.90. The van der Waals surface area contributed by atoms with Gasteiger partial charge < -0.3 is 9.53 Å². The van der Waals surface area contributed by atoms with E-state index < -0.39 is 16.3 Å². The van der Waals surface area contributed by atoms with Crippen molar-refractivity contribution in [1.29, 1.82) is 0 Å². The van der Waals surface area contributed by atoms with Crippen LogP contribution < -0.4 is 0 Å². The number of hydrogen-bond acceptors (Lipinski definition) is 5. The minimum absolute atomic E-state index is 0.0626. The highest BCUT2D eigenvalue weighted by Crippen LogP contribution is 2.29. The minimum atomic E-state index is -1.51. The number of hydrogen-bond donors (Lipinski definition) is 0. The van der Waals surface area contributed by atoms with Crippen LogP contribution in [0.1, 0.15) is 18.9 Å². The average Bonchev–Trinajstić information content (AvgIpc) is 2.45. The van der Waals surface area contributed by atoms with Gasteiger partial charge in [0.05, 0.1) is 11.5 Å². The van der Waals surface area contributed by atoms with Crippen LogP contribution >= 0.6 is 0 Å². The second kappa shape index (κ2) is 6.60. The summed E-state index contributed by atoms with van der Waals surface area (Å²) in [5.41, 5.74) is -1.28. The molecule has 0 aromatic heterocycles. The molecule has 1 aromatic rings. The molecule has 0 N–H and O–H groups in total. The van der Waals surface area contributed by atoms with Crippen LogP contribution in [0.25, 0.3) is 0 Å². The second-order valence-corrected chi connectivity index (χ2v) is 4.11. The van der Waals surface area contributed by atoms with Gasteiger partial charge in [-0.15, -0.1) is 6.58 Å². The number of benzene rings is 1. The molecule has 0 aliphatic carbocycles. The molecule has 1 aromatic carbocycles. The number of non-ortho nitro benzene ring substituents is 1. The van der Waals surface area contributed by atoms with Gasteiger partial charge in [-0.25, -0.2) is 0 Å². The number of carbonyl (C=O) groups is 2. The summed E-state index contributed by atoms with van der Waals surface area (Å²) >= 11 is 0. The molecule has 0 heterocycles. The van der Waals surface area contributed by atoms with E-state index in [1.165, 1.54) is 30.3 Å². The zero-order valence-corrected chi connectivity index (χ0v) is 11.1. The van der Waals surface area contributed by atoms with Crippen molar-refractivity contribution in [1.82, 2.24) is 0 Å². The SMILES string of the molecule is C=CCC(C=O)(C(=O)OCC)c1ccc([N+](=O)[O-])cc1. The summed E-state index contributed by atoms with van der Waals surface area (Å²) in [5.74, 6) is -0.691. The van der Waals surface area contributed by atoms with E-state index in [4.69, 9.17) is 4.74 Å². The van der Waals surface area contributed by atoms with Crippen LogP contribution in [0.4, 0.5) is 5.69 Å². The van der Waals surface area contributed by atoms with Crippen molar-refractivity contribution in [3.05, 3.63) is 52.6 Å². The first-order valence-electron chi connectivity index (χ1n) is 6.01.